The topological polar surface area (TPSA) is 105 Å². The van der Waals surface area contributed by atoms with Gasteiger partial charge in [0, 0.05) is 17.7 Å². The van der Waals surface area contributed by atoms with Crippen molar-refractivity contribution in [2.45, 2.75) is 31.6 Å². The molecule has 0 atom stereocenters. The second-order valence-electron chi connectivity index (χ2n) is 8.52. The highest BCUT2D eigenvalue weighted by Gasteiger charge is 2.29. The quantitative estimate of drug-likeness (QED) is 0.435. The molecular weight excluding hydrogens is 464 g/mol. The molecule has 1 amide bonds. The van der Waals surface area contributed by atoms with E-state index in [0.717, 1.165) is 35.1 Å². The minimum absolute atomic E-state index is 0.0356. The molecule has 35 heavy (non-hydrogen) atoms. The molecule has 1 N–H and O–H groups in total. The van der Waals surface area contributed by atoms with Crippen LogP contribution < -0.4 is 9.62 Å². The number of hydrogen-bond acceptors (Lipinski definition) is 6. The zero-order valence-electron chi connectivity index (χ0n) is 19.4. The lowest BCUT2D eigenvalue weighted by molar-refractivity contribution is 0.102. The van der Waals surface area contributed by atoms with Crippen molar-refractivity contribution in [3.8, 4) is 11.5 Å². The molecule has 3 aromatic carbocycles. The van der Waals surface area contributed by atoms with Crippen LogP contribution in [0.25, 0.3) is 11.5 Å². The van der Waals surface area contributed by atoms with Crippen molar-refractivity contribution >= 4 is 27.6 Å². The first-order valence-electron chi connectivity index (χ1n) is 11.3. The summed E-state index contributed by atoms with van der Waals surface area (Å²) < 4.78 is 33.7. The standard InChI is InChI=1S/C26H24N4O4S/c1-17-9-14-22(18(2)16-17)25-28-29-26(34-25)27-24(31)20-10-12-21(13-11-20)35(32,33)30-15-5-7-19-6-3-4-8-23(19)30/h3-4,6,8-14,16H,5,7,15H2,1-2H3,(H,27,29,31). The van der Waals surface area contributed by atoms with Gasteiger partial charge in [-0.25, -0.2) is 8.42 Å². The highest BCUT2D eigenvalue weighted by Crippen LogP contribution is 2.32. The van der Waals surface area contributed by atoms with Crippen LogP contribution in [0.1, 0.15) is 33.5 Å². The van der Waals surface area contributed by atoms with Gasteiger partial charge in [0.25, 0.3) is 15.9 Å². The number of nitrogens with one attached hydrogen (secondary N) is 1. The summed E-state index contributed by atoms with van der Waals surface area (Å²) in [5.41, 5.74) is 4.88. The molecule has 0 spiro atoms. The van der Waals surface area contributed by atoms with Crippen LogP contribution in [0.3, 0.4) is 0 Å². The smallest absolute Gasteiger partial charge is 0.322 e. The van der Waals surface area contributed by atoms with Crippen molar-refractivity contribution in [1.29, 1.82) is 0 Å². The second kappa shape index (κ2) is 8.99. The molecule has 0 bridgehead atoms. The summed E-state index contributed by atoms with van der Waals surface area (Å²) in [6, 6.07) is 19.2. The Balaban J connectivity index is 1.32. The molecule has 1 aromatic heterocycles. The van der Waals surface area contributed by atoms with E-state index >= 15 is 0 Å². The van der Waals surface area contributed by atoms with Gasteiger partial charge in [0.05, 0.1) is 10.6 Å². The van der Waals surface area contributed by atoms with Gasteiger partial charge in [-0.05, 0) is 74.2 Å². The molecule has 5 rings (SSSR count). The number of hydrogen-bond donors (Lipinski definition) is 1. The van der Waals surface area contributed by atoms with Gasteiger partial charge in [-0.1, -0.05) is 41.0 Å². The fourth-order valence-corrected chi connectivity index (χ4v) is 5.80. The number of amides is 1. The van der Waals surface area contributed by atoms with Crippen LogP contribution in [0.15, 0.2) is 76.0 Å². The average Bonchev–Trinajstić information content (AvgIpc) is 3.31. The predicted octanol–water partition coefficient (Wildman–Crippen LogP) is 4.75. The van der Waals surface area contributed by atoms with Crippen LogP contribution in [-0.2, 0) is 16.4 Å². The number of aryl methyl sites for hydroxylation is 3. The summed E-state index contributed by atoms with van der Waals surface area (Å²) in [6.07, 6.45) is 1.60. The van der Waals surface area contributed by atoms with E-state index in [9.17, 15) is 13.2 Å². The van der Waals surface area contributed by atoms with Crippen LogP contribution >= 0.6 is 0 Å². The fraction of sp³-hybridized carbons (Fsp3) is 0.192. The molecule has 2 heterocycles. The lowest BCUT2D eigenvalue weighted by atomic mass is 10.0. The van der Waals surface area contributed by atoms with Gasteiger partial charge in [-0.2, -0.15) is 0 Å². The van der Waals surface area contributed by atoms with Crippen LogP contribution in [0, 0.1) is 13.8 Å². The Bertz CT molecular complexity index is 1510. The van der Waals surface area contributed by atoms with E-state index in [4.69, 9.17) is 4.42 Å². The van der Waals surface area contributed by atoms with E-state index < -0.39 is 15.9 Å². The van der Waals surface area contributed by atoms with Crippen molar-refractivity contribution in [3.05, 3.63) is 89.0 Å². The molecule has 0 aliphatic carbocycles. The maximum atomic E-state index is 13.3. The number of para-hydroxylation sites is 1. The lowest BCUT2D eigenvalue weighted by Crippen LogP contribution is -2.35. The maximum Gasteiger partial charge on any atom is 0.322 e. The molecule has 1 aliphatic rings. The van der Waals surface area contributed by atoms with Gasteiger partial charge in [0.15, 0.2) is 0 Å². The van der Waals surface area contributed by atoms with E-state index in [1.165, 1.54) is 28.6 Å². The number of aromatic nitrogens is 2. The van der Waals surface area contributed by atoms with Crippen molar-refractivity contribution in [2.75, 3.05) is 16.2 Å². The molecule has 1 aliphatic heterocycles. The van der Waals surface area contributed by atoms with E-state index in [1.54, 1.807) is 0 Å². The monoisotopic (exact) mass is 488 g/mol. The molecule has 0 unspecified atom stereocenters. The minimum Gasteiger partial charge on any atom is -0.403 e. The molecule has 178 valence electrons. The first kappa shape index (κ1) is 22.8. The summed E-state index contributed by atoms with van der Waals surface area (Å²) >= 11 is 0. The Morgan fingerprint density at radius 3 is 2.54 bits per heavy atom. The number of fused-ring (bicyclic) bond motifs is 1. The molecule has 9 heteroatoms. The van der Waals surface area contributed by atoms with Gasteiger partial charge in [0.1, 0.15) is 0 Å². The summed E-state index contributed by atoms with van der Waals surface area (Å²) in [5.74, 6) is -0.172. The lowest BCUT2D eigenvalue weighted by Gasteiger charge is -2.30. The molecular formula is C26H24N4O4S. The third-order valence-corrected chi connectivity index (χ3v) is 7.86. The van der Waals surface area contributed by atoms with Gasteiger partial charge in [-0.15, -0.1) is 5.10 Å². The van der Waals surface area contributed by atoms with Crippen LogP contribution in [0.5, 0.6) is 0 Å². The van der Waals surface area contributed by atoms with E-state index in [1.807, 2.05) is 56.3 Å². The third kappa shape index (κ3) is 4.42. The Kier molecular flexibility index (Phi) is 5.86. The van der Waals surface area contributed by atoms with E-state index in [-0.39, 0.29) is 16.5 Å². The minimum atomic E-state index is -3.75. The van der Waals surface area contributed by atoms with Crippen molar-refractivity contribution in [1.82, 2.24) is 10.2 Å². The first-order chi connectivity index (χ1) is 16.8. The SMILES string of the molecule is Cc1ccc(-c2nnc(NC(=O)c3ccc(S(=O)(=O)N4CCCc5ccccc54)cc3)o2)c(C)c1. The van der Waals surface area contributed by atoms with Gasteiger partial charge >= 0.3 is 6.01 Å². The molecule has 4 aromatic rings. The number of anilines is 2. The van der Waals surface area contributed by atoms with Crippen molar-refractivity contribution < 1.29 is 17.6 Å². The van der Waals surface area contributed by atoms with Crippen LogP contribution in [-0.4, -0.2) is 31.1 Å². The first-order valence-corrected chi connectivity index (χ1v) is 12.7. The van der Waals surface area contributed by atoms with Gasteiger partial charge < -0.3 is 4.42 Å². The summed E-state index contributed by atoms with van der Waals surface area (Å²) in [6.45, 7) is 4.36. The molecule has 0 radical (unpaired) electrons. The summed E-state index contributed by atoms with van der Waals surface area (Å²) in [5, 5.41) is 10.5. The highest BCUT2D eigenvalue weighted by atomic mass is 32.2. The predicted molar refractivity (Wildman–Crippen MR) is 133 cm³/mol. The number of carbonyl (C=O) groups is 1. The van der Waals surface area contributed by atoms with Crippen LogP contribution in [0.4, 0.5) is 11.7 Å². The zero-order chi connectivity index (χ0) is 24.6. The Labute approximate surface area is 203 Å². The number of sulfonamides is 1. The molecule has 0 saturated heterocycles. The number of benzene rings is 3. The van der Waals surface area contributed by atoms with Gasteiger partial charge in [-0.3, -0.25) is 14.4 Å². The van der Waals surface area contributed by atoms with Gasteiger partial charge in [0.2, 0.25) is 5.89 Å². The maximum absolute atomic E-state index is 13.3. The highest BCUT2D eigenvalue weighted by molar-refractivity contribution is 7.92. The van der Waals surface area contributed by atoms with Crippen LogP contribution in [0.2, 0.25) is 0 Å². The van der Waals surface area contributed by atoms with Crippen molar-refractivity contribution in [2.24, 2.45) is 0 Å². The van der Waals surface area contributed by atoms with Crippen molar-refractivity contribution in [3.63, 3.8) is 0 Å². The number of rotatable bonds is 5. The number of nitrogens with zero attached hydrogens (tertiary/aromatic N) is 3. The summed E-state index contributed by atoms with van der Waals surface area (Å²) in [7, 11) is -3.75. The second-order valence-corrected chi connectivity index (χ2v) is 10.4. The Morgan fingerprint density at radius 2 is 1.77 bits per heavy atom. The fourth-order valence-electron chi connectivity index (χ4n) is 4.26. The number of carbonyl (C=O) groups excluding carboxylic acids is 1. The van der Waals surface area contributed by atoms with E-state index in [0.29, 0.717) is 18.1 Å². The molecule has 0 fully saturated rings. The zero-order valence-corrected chi connectivity index (χ0v) is 20.2. The summed E-state index contributed by atoms with van der Waals surface area (Å²) in [4.78, 5) is 12.8. The largest absolute Gasteiger partial charge is 0.403 e. The van der Waals surface area contributed by atoms with E-state index in [2.05, 4.69) is 15.5 Å². The molecule has 8 nitrogen and oxygen atoms in total. The molecule has 0 saturated carbocycles. The normalized spacial score (nSPS) is 13.4. The third-order valence-electron chi connectivity index (χ3n) is 6.03. The Hall–Kier alpha value is -3.98. The average molecular weight is 489 g/mol. The Morgan fingerprint density at radius 1 is 1.00 bits per heavy atom.